The van der Waals surface area contributed by atoms with E-state index in [0.29, 0.717) is 5.02 Å². The van der Waals surface area contributed by atoms with Gasteiger partial charge in [-0.1, -0.05) is 17.7 Å². The maximum absolute atomic E-state index is 6.33. The van der Waals surface area contributed by atoms with E-state index in [1.54, 1.807) is 4.68 Å². The first-order valence-electron chi connectivity index (χ1n) is 6.09. The Hall–Kier alpha value is -0.590. The van der Waals surface area contributed by atoms with Crippen molar-refractivity contribution in [2.45, 2.75) is 32.9 Å². The number of nitrogens with one attached hydrogen (secondary N) is 1. The maximum Gasteiger partial charge on any atom is 0.0832 e. The SMILES string of the molecule is CC(C)(C)NCc1ccc(-n2cc(I)cn2)c(Cl)c1. The number of aromatic nitrogens is 2. The van der Waals surface area contributed by atoms with Crippen LogP contribution in [0.4, 0.5) is 0 Å². The molecule has 0 atom stereocenters. The molecule has 1 aromatic heterocycles. The smallest absolute Gasteiger partial charge is 0.0832 e. The zero-order valence-electron chi connectivity index (χ0n) is 11.2. The molecular weight excluding hydrogens is 373 g/mol. The summed E-state index contributed by atoms with van der Waals surface area (Å²) in [6, 6.07) is 6.07. The van der Waals surface area contributed by atoms with Crippen LogP contribution in [-0.2, 0) is 6.54 Å². The molecule has 0 radical (unpaired) electrons. The molecule has 0 aliphatic carbocycles. The molecule has 2 rings (SSSR count). The summed E-state index contributed by atoms with van der Waals surface area (Å²) in [6.07, 6.45) is 3.76. The summed E-state index contributed by atoms with van der Waals surface area (Å²) in [5, 5.41) is 8.43. The monoisotopic (exact) mass is 389 g/mol. The highest BCUT2D eigenvalue weighted by molar-refractivity contribution is 14.1. The number of nitrogens with zero attached hydrogens (tertiary/aromatic N) is 2. The minimum absolute atomic E-state index is 0.100. The van der Waals surface area contributed by atoms with E-state index in [2.05, 4.69) is 59.8 Å². The number of halogens is 2. The van der Waals surface area contributed by atoms with Gasteiger partial charge in [-0.2, -0.15) is 5.10 Å². The topological polar surface area (TPSA) is 29.9 Å². The highest BCUT2D eigenvalue weighted by atomic mass is 127. The van der Waals surface area contributed by atoms with Crippen molar-refractivity contribution in [3.8, 4) is 5.69 Å². The van der Waals surface area contributed by atoms with E-state index in [1.807, 2.05) is 24.5 Å². The third-order valence-corrected chi connectivity index (χ3v) is 3.49. The van der Waals surface area contributed by atoms with Crippen LogP contribution in [0.15, 0.2) is 30.6 Å². The summed E-state index contributed by atoms with van der Waals surface area (Å²) in [4.78, 5) is 0. The van der Waals surface area contributed by atoms with Crippen LogP contribution in [0, 0.1) is 3.57 Å². The van der Waals surface area contributed by atoms with Gasteiger partial charge in [0.15, 0.2) is 0 Å². The Balaban J connectivity index is 2.18. The lowest BCUT2D eigenvalue weighted by atomic mass is 10.1. The van der Waals surface area contributed by atoms with Crippen molar-refractivity contribution in [2.24, 2.45) is 0 Å². The summed E-state index contributed by atoms with van der Waals surface area (Å²) >= 11 is 8.56. The second-order valence-electron chi connectivity index (χ2n) is 5.49. The van der Waals surface area contributed by atoms with E-state index < -0.39 is 0 Å². The predicted molar refractivity (Wildman–Crippen MR) is 87.9 cm³/mol. The zero-order chi connectivity index (χ0) is 14.0. The number of hydrogen-bond donors (Lipinski definition) is 1. The fraction of sp³-hybridized carbons (Fsp3) is 0.357. The van der Waals surface area contributed by atoms with E-state index in [-0.39, 0.29) is 5.54 Å². The van der Waals surface area contributed by atoms with Crippen molar-refractivity contribution < 1.29 is 0 Å². The molecule has 0 saturated carbocycles. The van der Waals surface area contributed by atoms with E-state index in [1.165, 1.54) is 5.56 Å². The van der Waals surface area contributed by atoms with Gasteiger partial charge in [0.25, 0.3) is 0 Å². The van der Waals surface area contributed by atoms with E-state index in [4.69, 9.17) is 11.6 Å². The number of benzene rings is 1. The largest absolute Gasteiger partial charge is 0.308 e. The fourth-order valence-electron chi connectivity index (χ4n) is 1.65. The van der Waals surface area contributed by atoms with Gasteiger partial charge in [0.05, 0.1) is 20.5 Å². The first kappa shape index (κ1) is 14.8. The van der Waals surface area contributed by atoms with Gasteiger partial charge in [0.1, 0.15) is 0 Å². The summed E-state index contributed by atoms with van der Waals surface area (Å²) in [7, 11) is 0. The zero-order valence-corrected chi connectivity index (χ0v) is 14.2. The quantitative estimate of drug-likeness (QED) is 0.804. The molecule has 5 heteroatoms. The van der Waals surface area contributed by atoms with Gasteiger partial charge in [-0.15, -0.1) is 0 Å². The van der Waals surface area contributed by atoms with Crippen LogP contribution in [-0.4, -0.2) is 15.3 Å². The summed E-state index contributed by atoms with van der Waals surface area (Å²) < 4.78 is 2.89. The second kappa shape index (κ2) is 5.81. The molecule has 0 amide bonds. The Bertz CT molecular complexity index is 572. The molecule has 1 N–H and O–H groups in total. The van der Waals surface area contributed by atoms with E-state index in [9.17, 15) is 0 Å². The highest BCUT2D eigenvalue weighted by Crippen LogP contribution is 2.22. The van der Waals surface area contributed by atoms with Crippen molar-refractivity contribution in [2.75, 3.05) is 0 Å². The standard InChI is InChI=1S/C14H17ClIN3/c1-14(2,3)17-7-10-4-5-13(12(15)6-10)19-9-11(16)8-18-19/h4-6,8-9,17H,7H2,1-3H3. The summed E-state index contributed by atoms with van der Waals surface area (Å²) in [5.74, 6) is 0. The van der Waals surface area contributed by atoms with Crippen LogP contribution in [0.3, 0.4) is 0 Å². The summed E-state index contributed by atoms with van der Waals surface area (Å²) in [5.41, 5.74) is 2.18. The second-order valence-corrected chi connectivity index (χ2v) is 7.15. The van der Waals surface area contributed by atoms with Gasteiger partial charge in [-0.3, -0.25) is 0 Å². The third kappa shape index (κ3) is 4.19. The Morgan fingerprint density at radius 3 is 2.63 bits per heavy atom. The Morgan fingerprint density at radius 1 is 1.37 bits per heavy atom. The minimum Gasteiger partial charge on any atom is -0.308 e. The number of rotatable bonds is 3. The molecule has 0 aliphatic rings. The van der Waals surface area contributed by atoms with Crippen molar-refractivity contribution in [1.82, 2.24) is 15.1 Å². The average Bonchev–Trinajstić information content (AvgIpc) is 2.72. The Labute approximate surface area is 132 Å². The van der Waals surface area contributed by atoms with Crippen LogP contribution in [0.5, 0.6) is 0 Å². The van der Waals surface area contributed by atoms with Gasteiger partial charge >= 0.3 is 0 Å². The molecule has 1 aromatic carbocycles. The van der Waals surface area contributed by atoms with Gasteiger partial charge in [-0.05, 0) is 61.1 Å². The Morgan fingerprint density at radius 2 is 2.11 bits per heavy atom. The molecule has 19 heavy (non-hydrogen) atoms. The molecule has 3 nitrogen and oxygen atoms in total. The normalized spacial score (nSPS) is 11.8. The lowest BCUT2D eigenvalue weighted by molar-refractivity contribution is 0.424. The van der Waals surface area contributed by atoms with Crippen molar-refractivity contribution in [3.05, 3.63) is 44.7 Å². The van der Waals surface area contributed by atoms with Gasteiger partial charge in [-0.25, -0.2) is 4.68 Å². The van der Waals surface area contributed by atoms with Crippen LogP contribution in [0.2, 0.25) is 5.02 Å². The lowest BCUT2D eigenvalue weighted by Gasteiger charge is -2.20. The molecule has 0 aliphatic heterocycles. The van der Waals surface area contributed by atoms with Gasteiger partial charge in [0, 0.05) is 18.3 Å². The van der Waals surface area contributed by atoms with Gasteiger partial charge in [0.2, 0.25) is 0 Å². The van der Waals surface area contributed by atoms with Crippen molar-refractivity contribution in [3.63, 3.8) is 0 Å². The average molecular weight is 390 g/mol. The van der Waals surface area contributed by atoms with Crippen LogP contribution < -0.4 is 5.32 Å². The predicted octanol–water partition coefficient (Wildman–Crippen LogP) is 4.02. The molecule has 102 valence electrons. The van der Waals surface area contributed by atoms with Gasteiger partial charge < -0.3 is 5.32 Å². The molecule has 1 heterocycles. The summed E-state index contributed by atoms with van der Waals surface area (Å²) in [6.45, 7) is 7.25. The molecule has 0 unspecified atom stereocenters. The first-order valence-corrected chi connectivity index (χ1v) is 7.55. The molecule has 0 bridgehead atoms. The molecular formula is C14H17ClIN3. The third-order valence-electron chi connectivity index (χ3n) is 2.63. The molecule has 0 fully saturated rings. The Kier molecular flexibility index (Phi) is 4.53. The van der Waals surface area contributed by atoms with Crippen LogP contribution in [0.25, 0.3) is 5.69 Å². The molecule has 0 saturated heterocycles. The minimum atomic E-state index is 0.100. The van der Waals surface area contributed by atoms with E-state index in [0.717, 1.165) is 15.8 Å². The van der Waals surface area contributed by atoms with E-state index >= 15 is 0 Å². The highest BCUT2D eigenvalue weighted by Gasteiger charge is 2.10. The maximum atomic E-state index is 6.33. The molecule has 0 spiro atoms. The number of hydrogen-bond acceptors (Lipinski definition) is 2. The molecule has 2 aromatic rings. The first-order chi connectivity index (χ1) is 8.85. The van der Waals surface area contributed by atoms with Crippen molar-refractivity contribution >= 4 is 34.2 Å². The van der Waals surface area contributed by atoms with Crippen molar-refractivity contribution in [1.29, 1.82) is 0 Å². The van der Waals surface area contributed by atoms with Crippen LogP contribution in [0.1, 0.15) is 26.3 Å². The van der Waals surface area contributed by atoms with Crippen LogP contribution >= 0.6 is 34.2 Å². The fourth-order valence-corrected chi connectivity index (χ4v) is 2.32. The lowest BCUT2D eigenvalue weighted by Crippen LogP contribution is -2.35.